The molecule has 0 saturated carbocycles. The summed E-state index contributed by atoms with van der Waals surface area (Å²) in [6.45, 7) is 1.05. The van der Waals surface area contributed by atoms with Gasteiger partial charge in [-0.2, -0.15) is 18.2 Å². The zero-order chi connectivity index (χ0) is 21.5. The Morgan fingerprint density at radius 3 is 2.40 bits per heavy atom. The van der Waals surface area contributed by atoms with Crippen molar-refractivity contribution >= 4 is 28.9 Å². The lowest BCUT2D eigenvalue weighted by molar-refractivity contribution is -0.137. The predicted octanol–water partition coefficient (Wildman–Crippen LogP) is 6.59. The number of hydrogen-bond acceptors (Lipinski definition) is 4. The van der Waals surface area contributed by atoms with Crippen molar-refractivity contribution in [2.75, 3.05) is 18.0 Å². The molecule has 30 heavy (non-hydrogen) atoms. The second kappa shape index (κ2) is 8.07. The van der Waals surface area contributed by atoms with E-state index in [9.17, 15) is 17.6 Å². The maximum absolute atomic E-state index is 13.2. The Bertz CT molecular complexity index is 1060. The van der Waals surface area contributed by atoms with Crippen LogP contribution in [0.1, 0.15) is 30.2 Å². The quantitative estimate of drug-likeness (QED) is 0.414. The van der Waals surface area contributed by atoms with Gasteiger partial charge in [-0.15, -0.1) is 0 Å². The number of rotatable bonds is 3. The first-order valence-electron chi connectivity index (χ1n) is 9.13. The Kier molecular flexibility index (Phi) is 5.63. The van der Waals surface area contributed by atoms with Gasteiger partial charge >= 0.3 is 6.18 Å². The molecule has 4 rings (SSSR count). The van der Waals surface area contributed by atoms with Gasteiger partial charge in [0.25, 0.3) is 0 Å². The molecular formula is C20H15Cl2F4N3O. The molecule has 0 N–H and O–H groups in total. The van der Waals surface area contributed by atoms with Crippen LogP contribution in [-0.2, 0) is 6.18 Å². The molecule has 1 saturated heterocycles. The Morgan fingerprint density at radius 1 is 1.00 bits per heavy atom. The van der Waals surface area contributed by atoms with Gasteiger partial charge in [0.1, 0.15) is 5.82 Å². The highest BCUT2D eigenvalue weighted by molar-refractivity contribution is 6.33. The monoisotopic (exact) mass is 459 g/mol. The summed E-state index contributed by atoms with van der Waals surface area (Å²) in [5, 5.41) is 3.79. The summed E-state index contributed by atoms with van der Waals surface area (Å²) in [7, 11) is 0. The van der Waals surface area contributed by atoms with Gasteiger partial charge in [0.05, 0.1) is 15.6 Å². The topological polar surface area (TPSA) is 42.2 Å². The number of benzene rings is 2. The van der Waals surface area contributed by atoms with Crippen LogP contribution in [-0.4, -0.2) is 23.2 Å². The molecule has 1 aliphatic heterocycles. The number of anilines is 1. The summed E-state index contributed by atoms with van der Waals surface area (Å²) in [5.74, 6) is 0.203. The lowest BCUT2D eigenvalue weighted by atomic mass is 9.96. The maximum atomic E-state index is 13.2. The fourth-order valence-corrected chi connectivity index (χ4v) is 3.97. The van der Waals surface area contributed by atoms with Crippen molar-refractivity contribution in [2.24, 2.45) is 0 Å². The van der Waals surface area contributed by atoms with E-state index in [2.05, 4.69) is 10.1 Å². The molecule has 0 bridgehead atoms. The van der Waals surface area contributed by atoms with Crippen molar-refractivity contribution in [3.63, 3.8) is 0 Å². The van der Waals surface area contributed by atoms with Crippen molar-refractivity contribution in [2.45, 2.75) is 24.9 Å². The number of hydrogen-bond donors (Lipinski definition) is 0. The zero-order valence-electron chi connectivity index (χ0n) is 15.4. The highest BCUT2D eigenvalue weighted by Crippen LogP contribution is 2.38. The highest BCUT2D eigenvalue weighted by Gasteiger charge is 2.34. The average molecular weight is 460 g/mol. The van der Waals surface area contributed by atoms with Crippen molar-refractivity contribution in [3.05, 3.63) is 63.7 Å². The molecule has 3 aromatic rings. The number of piperidine rings is 1. The third-order valence-corrected chi connectivity index (χ3v) is 5.72. The summed E-state index contributed by atoms with van der Waals surface area (Å²) >= 11 is 11.7. The SMILES string of the molecule is Fc1ccc(-c2noc(C3CCN(c4ccc(Cl)c(C(F)(F)F)c4)CC3)n2)c(Cl)c1. The van der Waals surface area contributed by atoms with Crippen LogP contribution in [0.15, 0.2) is 40.9 Å². The standard InChI is InChI=1S/C20H15Cl2F4N3O/c21-16-4-2-13(10-15(16)20(24,25)26)29-7-5-11(6-8-29)19-27-18(28-30-19)14-3-1-12(23)9-17(14)22/h1-4,9-11H,5-8H2. The minimum atomic E-state index is -4.51. The summed E-state index contributed by atoms with van der Waals surface area (Å²) in [6, 6.07) is 7.84. The van der Waals surface area contributed by atoms with Gasteiger partial charge in [-0.1, -0.05) is 28.4 Å². The highest BCUT2D eigenvalue weighted by atomic mass is 35.5. The molecule has 0 spiro atoms. The molecule has 1 aromatic heterocycles. The number of nitrogens with zero attached hydrogens (tertiary/aromatic N) is 3. The Morgan fingerprint density at radius 2 is 1.73 bits per heavy atom. The zero-order valence-corrected chi connectivity index (χ0v) is 16.9. The first-order chi connectivity index (χ1) is 14.2. The molecule has 158 valence electrons. The lowest BCUT2D eigenvalue weighted by Crippen LogP contribution is -2.33. The second-order valence-electron chi connectivity index (χ2n) is 7.00. The van der Waals surface area contributed by atoms with E-state index in [0.29, 0.717) is 43.1 Å². The fraction of sp³-hybridized carbons (Fsp3) is 0.300. The minimum absolute atomic E-state index is 0.0314. The fourth-order valence-electron chi connectivity index (χ4n) is 3.49. The number of alkyl halides is 3. The third kappa shape index (κ3) is 4.25. The van der Waals surface area contributed by atoms with E-state index in [1.807, 2.05) is 4.90 Å². The van der Waals surface area contributed by atoms with Gasteiger partial charge in [-0.25, -0.2) is 4.39 Å². The van der Waals surface area contributed by atoms with Crippen molar-refractivity contribution < 1.29 is 22.1 Å². The molecular weight excluding hydrogens is 445 g/mol. The van der Waals surface area contributed by atoms with E-state index in [4.69, 9.17) is 27.7 Å². The molecule has 0 unspecified atom stereocenters. The molecule has 0 radical (unpaired) electrons. The van der Waals surface area contributed by atoms with E-state index < -0.39 is 17.6 Å². The first kappa shape index (κ1) is 20.9. The van der Waals surface area contributed by atoms with E-state index in [1.165, 1.54) is 24.3 Å². The lowest BCUT2D eigenvalue weighted by Gasteiger charge is -2.32. The summed E-state index contributed by atoms with van der Waals surface area (Å²) in [6.07, 6.45) is -3.25. The predicted molar refractivity (Wildman–Crippen MR) is 105 cm³/mol. The van der Waals surface area contributed by atoms with Crippen LogP contribution in [0.2, 0.25) is 10.0 Å². The van der Waals surface area contributed by atoms with Crippen LogP contribution >= 0.6 is 23.2 Å². The van der Waals surface area contributed by atoms with E-state index in [1.54, 1.807) is 6.07 Å². The van der Waals surface area contributed by atoms with E-state index in [-0.39, 0.29) is 21.8 Å². The van der Waals surface area contributed by atoms with Gasteiger partial charge in [-0.05, 0) is 49.2 Å². The molecule has 0 aliphatic carbocycles. The van der Waals surface area contributed by atoms with Gasteiger partial charge in [0, 0.05) is 30.3 Å². The number of aromatic nitrogens is 2. The van der Waals surface area contributed by atoms with Crippen LogP contribution in [0.3, 0.4) is 0 Å². The Hall–Kier alpha value is -2.32. The molecule has 0 amide bonds. The molecule has 4 nitrogen and oxygen atoms in total. The molecule has 0 atom stereocenters. The number of halogens is 6. The maximum Gasteiger partial charge on any atom is 0.417 e. The molecule has 2 heterocycles. The van der Waals surface area contributed by atoms with E-state index >= 15 is 0 Å². The van der Waals surface area contributed by atoms with Crippen molar-refractivity contribution in [1.82, 2.24) is 10.1 Å². The molecule has 1 fully saturated rings. The first-order valence-corrected chi connectivity index (χ1v) is 9.88. The van der Waals surface area contributed by atoms with Gasteiger partial charge in [-0.3, -0.25) is 0 Å². The van der Waals surface area contributed by atoms with Crippen LogP contribution in [0.5, 0.6) is 0 Å². The Balaban J connectivity index is 1.46. The third-order valence-electron chi connectivity index (χ3n) is 5.08. The normalized spacial score (nSPS) is 15.6. The smallest absolute Gasteiger partial charge is 0.371 e. The summed E-state index contributed by atoms with van der Waals surface area (Å²) in [4.78, 5) is 6.25. The van der Waals surface area contributed by atoms with Crippen molar-refractivity contribution in [3.8, 4) is 11.4 Å². The summed E-state index contributed by atoms with van der Waals surface area (Å²) < 4.78 is 57.9. The largest absolute Gasteiger partial charge is 0.417 e. The molecule has 10 heteroatoms. The van der Waals surface area contributed by atoms with Crippen LogP contribution in [0.4, 0.5) is 23.2 Å². The van der Waals surface area contributed by atoms with Crippen LogP contribution in [0.25, 0.3) is 11.4 Å². The second-order valence-corrected chi connectivity index (χ2v) is 7.82. The van der Waals surface area contributed by atoms with Crippen LogP contribution < -0.4 is 4.90 Å². The van der Waals surface area contributed by atoms with Crippen molar-refractivity contribution in [1.29, 1.82) is 0 Å². The molecule has 1 aliphatic rings. The van der Waals surface area contributed by atoms with Crippen LogP contribution in [0, 0.1) is 5.82 Å². The summed E-state index contributed by atoms with van der Waals surface area (Å²) in [5.41, 5.74) is 0.0855. The Labute approximate surface area is 179 Å². The average Bonchev–Trinajstić information content (AvgIpc) is 3.17. The molecule has 2 aromatic carbocycles. The van der Waals surface area contributed by atoms with Gasteiger partial charge in [0.15, 0.2) is 0 Å². The van der Waals surface area contributed by atoms with Gasteiger partial charge in [0.2, 0.25) is 11.7 Å². The van der Waals surface area contributed by atoms with E-state index in [0.717, 1.165) is 6.07 Å². The van der Waals surface area contributed by atoms with Gasteiger partial charge < -0.3 is 9.42 Å². The minimum Gasteiger partial charge on any atom is -0.371 e.